The number of nitrogens with two attached hydrogens (primary N) is 1. The smallest absolute Gasteiger partial charge is 0.222 e. The second kappa shape index (κ2) is 6.02. The quantitative estimate of drug-likeness (QED) is 0.699. The number of rotatable bonds is 5. The second-order valence-electron chi connectivity index (χ2n) is 6.74. The third-order valence-electron chi connectivity index (χ3n) is 3.91. The van der Waals surface area contributed by atoms with E-state index in [0.29, 0.717) is 12.8 Å². The molecular weight excluding hydrogens is 228 g/mol. The standard InChI is InChI=1S/C14H28N2O2/c1-13(2,3)11(6-9-17)16-12(18)10-14(15)7-4-5-8-14/h11,17H,4-10,15H2,1-3H3,(H,16,18). The third kappa shape index (κ3) is 4.58. The minimum Gasteiger partial charge on any atom is -0.396 e. The number of aliphatic hydroxyl groups excluding tert-OH is 1. The summed E-state index contributed by atoms with van der Waals surface area (Å²) in [4.78, 5) is 12.1. The van der Waals surface area contributed by atoms with Crippen molar-refractivity contribution >= 4 is 5.91 Å². The SMILES string of the molecule is CC(C)(C)C(CCO)NC(=O)CC1(N)CCCC1. The molecule has 0 aromatic rings. The van der Waals surface area contributed by atoms with Crippen molar-refractivity contribution in [3.63, 3.8) is 0 Å². The molecule has 0 bridgehead atoms. The zero-order valence-corrected chi connectivity index (χ0v) is 12.0. The highest BCUT2D eigenvalue weighted by Crippen LogP contribution is 2.30. The Bertz CT molecular complexity index is 278. The van der Waals surface area contributed by atoms with Gasteiger partial charge in [-0.15, -0.1) is 0 Å². The lowest BCUT2D eigenvalue weighted by Crippen LogP contribution is -2.48. The largest absolute Gasteiger partial charge is 0.396 e. The Morgan fingerprint density at radius 3 is 2.39 bits per heavy atom. The number of hydrogen-bond donors (Lipinski definition) is 3. The van der Waals surface area contributed by atoms with Gasteiger partial charge < -0.3 is 16.2 Å². The van der Waals surface area contributed by atoms with Crippen molar-refractivity contribution in [2.45, 2.75) is 70.9 Å². The molecule has 0 aliphatic heterocycles. The average molecular weight is 256 g/mol. The van der Waals surface area contributed by atoms with E-state index in [1.807, 2.05) is 0 Å². The minimum absolute atomic E-state index is 0.00000283. The first-order valence-electron chi connectivity index (χ1n) is 6.96. The van der Waals surface area contributed by atoms with Crippen LogP contribution in [0.5, 0.6) is 0 Å². The van der Waals surface area contributed by atoms with Gasteiger partial charge in [0.1, 0.15) is 0 Å². The summed E-state index contributed by atoms with van der Waals surface area (Å²) < 4.78 is 0. The number of hydrogen-bond acceptors (Lipinski definition) is 3. The zero-order valence-electron chi connectivity index (χ0n) is 12.0. The fourth-order valence-electron chi connectivity index (χ4n) is 2.67. The molecule has 1 unspecified atom stereocenters. The van der Waals surface area contributed by atoms with Gasteiger partial charge in [0.05, 0.1) is 0 Å². The van der Waals surface area contributed by atoms with E-state index in [0.717, 1.165) is 25.7 Å². The van der Waals surface area contributed by atoms with E-state index in [-0.39, 0.29) is 29.5 Å². The number of carbonyl (C=O) groups is 1. The van der Waals surface area contributed by atoms with E-state index < -0.39 is 0 Å². The summed E-state index contributed by atoms with van der Waals surface area (Å²) >= 11 is 0. The maximum absolute atomic E-state index is 12.1. The normalized spacial score (nSPS) is 20.7. The van der Waals surface area contributed by atoms with Gasteiger partial charge in [-0.3, -0.25) is 4.79 Å². The highest BCUT2D eigenvalue weighted by atomic mass is 16.3. The monoisotopic (exact) mass is 256 g/mol. The van der Waals surface area contributed by atoms with E-state index in [1.54, 1.807) is 0 Å². The van der Waals surface area contributed by atoms with Gasteiger partial charge in [-0.2, -0.15) is 0 Å². The van der Waals surface area contributed by atoms with Crippen molar-refractivity contribution < 1.29 is 9.90 Å². The summed E-state index contributed by atoms with van der Waals surface area (Å²) in [5, 5.41) is 12.1. The van der Waals surface area contributed by atoms with Crippen LogP contribution in [0.1, 0.15) is 59.3 Å². The summed E-state index contributed by atoms with van der Waals surface area (Å²) in [6, 6.07) is 0.00000283. The Hall–Kier alpha value is -0.610. The number of aliphatic hydroxyl groups is 1. The summed E-state index contributed by atoms with van der Waals surface area (Å²) in [6.07, 6.45) is 5.14. The molecule has 0 heterocycles. The van der Waals surface area contributed by atoms with Crippen LogP contribution in [0, 0.1) is 5.41 Å². The Morgan fingerprint density at radius 2 is 1.94 bits per heavy atom. The van der Waals surface area contributed by atoms with Crippen molar-refractivity contribution in [1.82, 2.24) is 5.32 Å². The lowest BCUT2D eigenvalue weighted by molar-refractivity contribution is -0.123. The first kappa shape index (κ1) is 15.4. The summed E-state index contributed by atoms with van der Waals surface area (Å²) in [5.74, 6) is 0.0211. The zero-order chi connectivity index (χ0) is 13.8. The molecule has 0 spiro atoms. The van der Waals surface area contributed by atoms with Gasteiger partial charge in [0, 0.05) is 24.6 Å². The molecule has 0 aromatic carbocycles. The number of amides is 1. The number of carbonyl (C=O) groups excluding carboxylic acids is 1. The van der Waals surface area contributed by atoms with Crippen LogP contribution in [0.15, 0.2) is 0 Å². The molecule has 0 saturated heterocycles. The molecule has 4 heteroatoms. The lowest BCUT2D eigenvalue weighted by Gasteiger charge is -2.32. The second-order valence-corrected chi connectivity index (χ2v) is 6.74. The van der Waals surface area contributed by atoms with Crippen molar-refractivity contribution in [3.05, 3.63) is 0 Å². The van der Waals surface area contributed by atoms with Gasteiger partial charge in [0.15, 0.2) is 0 Å². The molecule has 1 fully saturated rings. The van der Waals surface area contributed by atoms with Crippen LogP contribution >= 0.6 is 0 Å². The molecule has 1 aliphatic rings. The molecule has 4 nitrogen and oxygen atoms in total. The van der Waals surface area contributed by atoms with Crippen molar-refractivity contribution in [2.24, 2.45) is 11.1 Å². The summed E-state index contributed by atoms with van der Waals surface area (Å²) in [5.41, 5.74) is 5.86. The molecule has 1 rings (SSSR count). The van der Waals surface area contributed by atoms with E-state index in [9.17, 15) is 4.79 Å². The fourth-order valence-corrected chi connectivity index (χ4v) is 2.67. The van der Waals surface area contributed by atoms with Gasteiger partial charge in [0.25, 0.3) is 0 Å². The molecule has 1 aliphatic carbocycles. The molecule has 106 valence electrons. The maximum Gasteiger partial charge on any atom is 0.222 e. The van der Waals surface area contributed by atoms with Crippen LogP contribution in [0.4, 0.5) is 0 Å². The molecule has 1 amide bonds. The highest BCUT2D eigenvalue weighted by molar-refractivity contribution is 5.77. The third-order valence-corrected chi connectivity index (χ3v) is 3.91. The average Bonchev–Trinajstić information content (AvgIpc) is 2.62. The molecular formula is C14H28N2O2. The fraction of sp³-hybridized carbons (Fsp3) is 0.929. The molecule has 0 radical (unpaired) electrons. The van der Waals surface area contributed by atoms with E-state index >= 15 is 0 Å². The molecule has 18 heavy (non-hydrogen) atoms. The van der Waals surface area contributed by atoms with Crippen LogP contribution in [-0.4, -0.2) is 29.2 Å². The van der Waals surface area contributed by atoms with Gasteiger partial charge in [-0.1, -0.05) is 33.6 Å². The van der Waals surface area contributed by atoms with Crippen LogP contribution < -0.4 is 11.1 Å². The van der Waals surface area contributed by atoms with E-state index in [2.05, 4.69) is 26.1 Å². The summed E-state index contributed by atoms with van der Waals surface area (Å²) in [7, 11) is 0. The predicted molar refractivity (Wildman–Crippen MR) is 73.1 cm³/mol. The topological polar surface area (TPSA) is 75.3 Å². The Kier molecular flexibility index (Phi) is 5.17. The molecule has 1 atom stereocenters. The van der Waals surface area contributed by atoms with Crippen molar-refractivity contribution in [2.75, 3.05) is 6.61 Å². The number of nitrogens with one attached hydrogen (secondary N) is 1. The van der Waals surface area contributed by atoms with Gasteiger partial charge in [-0.05, 0) is 24.7 Å². The first-order chi connectivity index (χ1) is 8.27. The van der Waals surface area contributed by atoms with E-state index in [4.69, 9.17) is 10.8 Å². The molecule has 4 N–H and O–H groups in total. The predicted octanol–water partition coefficient (Wildman–Crippen LogP) is 1.56. The Morgan fingerprint density at radius 1 is 1.39 bits per heavy atom. The van der Waals surface area contributed by atoms with Crippen molar-refractivity contribution in [1.29, 1.82) is 0 Å². The van der Waals surface area contributed by atoms with Crippen LogP contribution in [0.25, 0.3) is 0 Å². The minimum atomic E-state index is -0.300. The molecule has 1 saturated carbocycles. The first-order valence-corrected chi connectivity index (χ1v) is 6.96. The highest BCUT2D eigenvalue weighted by Gasteiger charge is 2.33. The lowest BCUT2D eigenvalue weighted by atomic mass is 9.84. The Labute approximate surface area is 110 Å². The van der Waals surface area contributed by atoms with Crippen LogP contribution in [-0.2, 0) is 4.79 Å². The molecule has 0 aromatic heterocycles. The summed E-state index contributed by atoms with van der Waals surface area (Å²) in [6.45, 7) is 6.31. The van der Waals surface area contributed by atoms with Crippen LogP contribution in [0.2, 0.25) is 0 Å². The van der Waals surface area contributed by atoms with E-state index in [1.165, 1.54) is 0 Å². The maximum atomic E-state index is 12.1. The van der Waals surface area contributed by atoms with Crippen molar-refractivity contribution in [3.8, 4) is 0 Å². The van der Waals surface area contributed by atoms with Gasteiger partial charge >= 0.3 is 0 Å². The van der Waals surface area contributed by atoms with Gasteiger partial charge in [0.2, 0.25) is 5.91 Å². The Balaban J connectivity index is 2.51. The van der Waals surface area contributed by atoms with Gasteiger partial charge in [-0.25, -0.2) is 0 Å². The van der Waals surface area contributed by atoms with Crippen LogP contribution in [0.3, 0.4) is 0 Å².